The van der Waals surface area contributed by atoms with Crippen molar-refractivity contribution in [3.63, 3.8) is 0 Å². The molecule has 162 valence electrons. The highest BCUT2D eigenvalue weighted by Gasteiger charge is 2.29. The summed E-state index contributed by atoms with van der Waals surface area (Å²) in [6.07, 6.45) is 7.95. The van der Waals surface area contributed by atoms with Crippen molar-refractivity contribution in [3.8, 4) is 0 Å². The van der Waals surface area contributed by atoms with Crippen LogP contribution in [0.5, 0.6) is 0 Å². The Kier molecular flexibility index (Phi) is 8.44. The van der Waals surface area contributed by atoms with Gasteiger partial charge in [0.25, 0.3) is 0 Å². The van der Waals surface area contributed by atoms with Gasteiger partial charge in [-0.1, -0.05) is 74.6 Å². The summed E-state index contributed by atoms with van der Waals surface area (Å²) in [5, 5.41) is 13.7. The molecule has 3 rings (SSSR count). The second-order valence-corrected chi connectivity index (χ2v) is 8.69. The molecule has 0 aromatic heterocycles. The number of nitrogens with one attached hydrogen (secondary N) is 1. The SMILES string of the molecule is Cc1cccc(F)c1NC(=O)CCC1CCCCCCC(O)C1Cc1ccccc1. The van der Waals surface area contributed by atoms with E-state index < -0.39 is 5.82 Å². The topological polar surface area (TPSA) is 49.3 Å². The van der Waals surface area contributed by atoms with Crippen LogP contribution in [0.3, 0.4) is 0 Å². The van der Waals surface area contributed by atoms with Crippen LogP contribution in [0, 0.1) is 24.6 Å². The summed E-state index contributed by atoms with van der Waals surface area (Å²) >= 11 is 0. The fourth-order valence-corrected chi connectivity index (χ4v) is 4.71. The van der Waals surface area contributed by atoms with Gasteiger partial charge in [0.15, 0.2) is 0 Å². The standard InChI is InChI=1S/C26H34FNO2/c1-19-10-9-14-23(27)26(19)28-25(30)17-16-21-13-7-2-3-8-15-24(29)22(21)18-20-11-5-4-6-12-20/h4-6,9-12,14,21-22,24,29H,2-3,7-8,13,15-18H2,1H3,(H,28,30). The van der Waals surface area contributed by atoms with E-state index in [0.29, 0.717) is 12.8 Å². The van der Waals surface area contributed by atoms with E-state index in [-0.39, 0.29) is 29.5 Å². The minimum atomic E-state index is -0.400. The summed E-state index contributed by atoms with van der Waals surface area (Å²) in [7, 11) is 0. The maximum absolute atomic E-state index is 14.1. The third-order valence-electron chi connectivity index (χ3n) is 6.47. The fourth-order valence-electron chi connectivity index (χ4n) is 4.71. The molecule has 0 spiro atoms. The number of carbonyl (C=O) groups excluding carboxylic acids is 1. The van der Waals surface area contributed by atoms with E-state index in [1.54, 1.807) is 19.1 Å². The highest BCUT2D eigenvalue weighted by molar-refractivity contribution is 5.91. The summed E-state index contributed by atoms with van der Waals surface area (Å²) in [4.78, 5) is 12.6. The highest BCUT2D eigenvalue weighted by Crippen LogP contribution is 2.33. The van der Waals surface area contributed by atoms with Gasteiger partial charge in [0.2, 0.25) is 5.91 Å². The first-order chi connectivity index (χ1) is 14.5. The highest BCUT2D eigenvalue weighted by atomic mass is 19.1. The lowest BCUT2D eigenvalue weighted by Crippen LogP contribution is -2.30. The molecule has 0 heterocycles. The Labute approximate surface area is 179 Å². The summed E-state index contributed by atoms with van der Waals surface area (Å²) in [5.41, 5.74) is 2.23. The zero-order valence-electron chi connectivity index (χ0n) is 17.9. The summed E-state index contributed by atoms with van der Waals surface area (Å²) in [6.45, 7) is 1.79. The average Bonchev–Trinajstić information content (AvgIpc) is 2.82. The number of rotatable bonds is 6. The van der Waals surface area contributed by atoms with Crippen LogP contribution < -0.4 is 5.32 Å². The number of anilines is 1. The van der Waals surface area contributed by atoms with Gasteiger partial charge in [-0.2, -0.15) is 0 Å². The van der Waals surface area contributed by atoms with Crippen LogP contribution in [0.25, 0.3) is 0 Å². The molecule has 0 aliphatic heterocycles. The molecular formula is C26H34FNO2. The van der Waals surface area contributed by atoms with Crippen LogP contribution >= 0.6 is 0 Å². The summed E-state index contributed by atoms with van der Waals surface area (Å²) < 4.78 is 14.1. The van der Waals surface area contributed by atoms with Gasteiger partial charge in [-0.25, -0.2) is 4.39 Å². The fraction of sp³-hybridized carbons (Fsp3) is 0.500. The normalized spacial score (nSPS) is 22.6. The van der Waals surface area contributed by atoms with E-state index in [1.165, 1.54) is 18.1 Å². The van der Waals surface area contributed by atoms with Crippen LogP contribution in [0.2, 0.25) is 0 Å². The number of aryl methyl sites for hydroxylation is 1. The summed E-state index contributed by atoms with van der Waals surface area (Å²) in [6, 6.07) is 15.1. The Bertz CT molecular complexity index is 788. The van der Waals surface area contributed by atoms with Gasteiger partial charge in [-0.3, -0.25) is 4.79 Å². The van der Waals surface area contributed by atoms with Gasteiger partial charge in [0, 0.05) is 6.42 Å². The maximum Gasteiger partial charge on any atom is 0.224 e. The molecule has 0 radical (unpaired) electrons. The molecule has 1 saturated carbocycles. The van der Waals surface area contributed by atoms with E-state index in [0.717, 1.165) is 44.1 Å². The molecule has 2 aromatic rings. The third-order valence-corrected chi connectivity index (χ3v) is 6.47. The van der Waals surface area contributed by atoms with Gasteiger partial charge >= 0.3 is 0 Å². The van der Waals surface area contributed by atoms with Gasteiger partial charge in [-0.15, -0.1) is 0 Å². The van der Waals surface area contributed by atoms with E-state index in [9.17, 15) is 14.3 Å². The van der Waals surface area contributed by atoms with Crippen LogP contribution in [-0.2, 0) is 11.2 Å². The van der Waals surface area contributed by atoms with Gasteiger partial charge in [-0.05, 0) is 55.2 Å². The van der Waals surface area contributed by atoms with Gasteiger partial charge < -0.3 is 10.4 Å². The van der Waals surface area contributed by atoms with Crippen LogP contribution in [0.1, 0.15) is 62.5 Å². The molecule has 3 unspecified atom stereocenters. The molecule has 2 N–H and O–H groups in total. The number of aliphatic hydroxyl groups is 1. The largest absolute Gasteiger partial charge is 0.393 e. The second kappa shape index (κ2) is 11.3. The molecule has 0 saturated heterocycles. The molecule has 4 heteroatoms. The molecule has 1 fully saturated rings. The predicted molar refractivity (Wildman–Crippen MR) is 120 cm³/mol. The first-order valence-corrected chi connectivity index (χ1v) is 11.3. The lowest BCUT2D eigenvalue weighted by Gasteiger charge is -2.31. The van der Waals surface area contributed by atoms with Crippen LogP contribution in [0.15, 0.2) is 48.5 Å². The lowest BCUT2D eigenvalue weighted by atomic mass is 9.77. The first kappa shape index (κ1) is 22.5. The Hall–Kier alpha value is -2.20. The molecular weight excluding hydrogens is 377 g/mol. The monoisotopic (exact) mass is 411 g/mol. The minimum absolute atomic E-state index is 0.147. The van der Waals surface area contributed by atoms with Gasteiger partial charge in [0.05, 0.1) is 11.8 Å². The predicted octanol–water partition coefficient (Wildman–Crippen LogP) is 6.04. The van der Waals surface area contributed by atoms with Crippen molar-refractivity contribution < 1.29 is 14.3 Å². The molecule has 1 aliphatic rings. The van der Waals surface area contributed by atoms with Crippen molar-refractivity contribution in [2.24, 2.45) is 11.8 Å². The Morgan fingerprint density at radius 1 is 1.03 bits per heavy atom. The van der Waals surface area contributed by atoms with Crippen LogP contribution in [-0.4, -0.2) is 17.1 Å². The zero-order chi connectivity index (χ0) is 21.3. The summed E-state index contributed by atoms with van der Waals surface area (Å²) in [5.74, 6) is -0.126. The Morgan fingerprint density at radius 3 is 2.50 bits per heavy atom. The number of carbonyl (C=O) groups is 1. The van der Waals surface area contributed by atoms with Crippen LogP contribution in [0.4, 0.5) is 10.1 Å². The maximum atomic E-state index is 14.1. The van der Waals surface area contributed by atoms with Crippen molar-refractivity contribution in [2.75, 3.05) is 5.32 Å². The molecule has 0 bridgehead atoms. The van der Waals surface area contributed by atoms with Crippen molar-refractivity contribution in [2.45, 2.75) is 70.8 Å². The number of hydrogen-bond donors (Lipinski definition) is 2. The lowest BCUT2D eigenvalue weighted by molar-refractivity contribution is -0.116. The zero-order valence-corrected chi connectivity index (χ0v) is 17.9. The minimum Gasteiger partial charge on any atom is -0.393 e. The Balaban J connectivity index is 1.68. The van der Waals surface area contributed by atoms with Crippen molar-refractivity contribution in [1.82, 2.24) is 0 Å². The number of benzene rings is 2. The van der Waals surface area contributed by atoms with E-state index in [2.05, 4.69) is 17.4 Å². The number of halogens is 1. The number of para-hydroxylation sites is 1. The third kappa shape index (κ3) is 6.40. The molecule has 1 aliphatic carbocycles. The smallest absolute Gasteiger partial charge is 0.224 e. The number of aliphatic hydroxyl groups excluding tert-OH is 1. The average molecular weight is 412 g/mol. The first-order valence-electron chi connectivity index (χ1n) is 11.3. The molecule has 3 atom stereocenters. The quantitative estimate of drug-likeness (QED) is 0.608. The van der Waals surface area contributed by atoms with Gasteiger partial charge in [0.1, 0.15) is 5.82 Å². The van der Waals surface area contributed by atoms with Crippen molar-refractivity contribution in [1.29, 1.82) is 0 Å². The van der Waals surface area contributed by atoms with Crippen molar-refractivity contribution >= 4 is 11.6 Å². The van der Waals surface area contributed by atoms with Crippen molar-refractivity contribution in [3.05, 3.63) is 65.5 Å². The molecule has 2 aromatic carbocycles. The second-order valence-electron chi connectivity index (χ2n) is 8.69. The van der Waals surface area contributed by atoms with E-state index in [4.69, 9.17) is 0 Å². The Morgan fingerprint density at radius 2 is 1.77 bits per heavy atom. The van der Waals surface area contributed by atoms with E-state index in [1.807, 2.05) is 18.2 Å². The molecule has 3 nitrogen and oxygen atoms in total. The molecule has 1 amide bonds. The van der Waals surface area contributed by atoms with E-state index >= 15 is 0 Å². The molecule has 30 heavy (non-hydrogen) atoms. The number of amides is 1. The number of hydrogen-bond acceptors (Lipinski definition) is 2.